The molecule has 0 N–H and O–H groups in total. The molecule has 0 saturated heterocycles. The summed E-state index contributed by atoms with van der Waals surface area (Å²) in [6.45, 7) is 1.85. The minimum Gasteiger partial charge on any atom is -0.276 e. The molecule has 4 nitrogen and oxygen atoms in total. The zero-order valence-corrected chi connectivity index (χ0v) is 15.0. The summed E-state index contributed by atoms with van der Waals surface area (Å²) in [5.41, 5.74) is 0.811. The van der Waals surface area contributed by atoms with Crippen LogP contribution in [0.5, 0.6) is 0 Å². The first-order chi connectivity index (χ1) is 10.3. The van der Waals surface area contributed by atoms with E-state index in [1.54, 1.807) is 6.07 Å². The minimum absolute atomic E-state index is 0.0113. The first-order valence-electron chi connectivity index (χ1n) is 7.23. The molecule has 1 aliphatic carbocycles. The van der Waals surface area contributed by atoms with Crippen LogP contribution < -0.4 is 0 Å². The Morgan fingerprint density at radius 1 is 1.32 bits per heavy atom. The summed E-state index contributed by atoms with van der Waals surface area (Å²) < 4.78 is 36.9. The van der Waals surface area contributed by atoms with Gasteiger partial charge in [0.05, 0.1) is 20.6 Å². The van der Waals surface area contributed by atoms with Crippen LogP contribution in [0, 0.1) is 0 Å². The number of halogens is 1. The molecule has 0 spiro atoms. The number of hydrogen-bond donors (Lipinski definition) is 0. The van der Waals surface area contributed by atoms with Crippen LogP contribution in [0.2, 0.25) is 0 Å². The molecule has 1 aliphatic rings. The fourth-order valence-electron chi connectivity index (χ4n) is 2.81. The fraction of sp³-hybridized carbons (Fsp3) is 0.533. The number of rotatable bonds is 5. The number of carbonyl (C=O) groups excluding carboxylic acids is 1. The Balaban J connectivity index is 2.65. The predicted octanol–water partition coefficient (Wildman–Crippen LogP) is 3.08. The third-order valence-corrected chi connectivity index (χ3v) is 7.30. The Kier molecular flexibility index (Phi) is 5.45. The van der Waals surface area contributed by atoms with Crippen LogP contribution in [0.3, 0.4) is 0 Å². The smallest absolute Gasteiger partial charge is 0.252 e. The van der Waals surface area contributed by atoms with Crippen molar-refractivity contribution in [2.24, 2.45) is 0 Å². The maximum atomic E-state index is 12.8. The van der Waals surface area contributed by atoms with Crippen molar-refractivity contribution in [2.75, 3.05) is 6.26 Å². The van der Waals surface area contributed by atoms with Gasteiger partial charge in [0.25, 0.3) is 5.24 Å². The summed E-state index contributed by atoms with van der Waals surface area (Å²) >= 11 is 5.56. The van der Waals surface area contributed by atoms with E-state index in [2.05, 4.69) is 0 Å². The molecule has 0 radical (unpaired) electrons. The molecular formula is C15H19ClO4S2. The molecule has 0 aromatic heterocycles. The highest BCUT2D eigenvalue weighted by Gasteiger charge is 2.28. The van der Waals surface area contributed by atoms with Crippen molar-refractivity contribution < 1.29 is 17.4 Å². The van der Waals surface area contributed by atoms with Gasteiger partial charge in [0.2, 0.25) is 0 Å². The number of benzene rings is 1. The van der Waals surface area contributed by atoms with E-state index in [1.807, 2.05) is 6.92 Å². The third-order valence-electron chi connectivity index (χ3n) is 3.98. The third kappa shape index (κ3) is 3.60. The Morgan fingerprint density at radius 2 is 1.91 bits per heavy atom. The molecule has 1 fully saturated rings. The average molecular weight is 363 g/mol. The molecule has 122 valence electrons. The van der Waals surface area contributed by atoms with Crippen molar-refractivity contribution >= 4 is 37.5 Å². The normalized spacial score (nSPS) is 17.6. The molecule has 0 bridgehead atoms. The lowest BCUT2D eigenvalue weighted by Gasteiger charge is -2.16. The molecule has 7 heteroatoms. The van der Waals surface area contributed by atoms with Gasteiger partial charge in [-0.15, -0.1) is 0 Å². The van der Waals surface area contributed by atoms with Gasteiger partial charge in [-0.05, 0) is 48.6 Å². The van der Waals surface area contributed by atoms with E-state index < -0.39 is 25.9 Å². The van der Waals surface area contributed by atoms with Crippen LogP contribution >= 0.6 is 11.6 Å². The van der Waals surface area contributed by atoms with Crippen LogP contribution in [-0.2, 0) is 27.1 Å². The highest BCUT2D eigenvalue weighted by atomic mass is 35.5. The monoisotopic (exact) mass is 362 g/mol. The van der Waals surface area contributed by atoms with Crippen LogP contribution in [-0.4, -0.2) is 29.4 Å². The van der Waals surface area contributed by atoms with E-state index in [0.29, 0.717) is 16.9 Å². The second-order valence-corrected chi connectivity index (χ2v) is 9.59. The quantitative estimate of drug-likeness (QED) is 0.755. The van der Waals surface area contributed by atoms with E-state index in [9.17, 15) is 17.4 Å². The van der Waals surface area contributed by atoms with Gasteiger partial charge in [-0.25, -0.2) is 8.42 Å². The van der Waals surface area contributed by atoms with Crippen LogP contribution in [0.15, 0.2) is 21.9 Å². The van der Waals surface area contributed by atoms with E-state index >= 15 is 0 Å². The summed E-state index contributed by atoms with van der Waals surface area (Å²) in [6.07, 6.45) is 5.30. The molecule has 0 heterocycles. The SMILES string of the molecule is CCc1cc(S(=O)C2CCCC2)c(S(C)(=O)=O)cc1C(=O)Cl. The molecule has 2 rings (SSSR count). The van der Waals surface area contributed by atoms with Crippen molar-refractivity contribution in [3.8, 4) is 0 Å². The highest BCUT2D eigenvalue weighted by molar-refractivity contribution is 7.92. The zero-order chi connectivity index (χ0) is 16.5. The Bertz CT molecular complexity index is 719. The second kappa shape index (κ2) is 6.81. The topological polar surface area (TPSA) is 68.3 Å². The van der Waals surface area contributed by atoms with Gasteiger partial charge in [-0.1, -0.05) is 19.8 Å². The molecule has 0 amide bonds. The first kappa shape index (κ1) is 17.6. The molecule has 1 atom stereocenters. The Labute approximate surface area is 138 Å². The lowest BCUT2D eigenvalue weighted by atomic mass is 10.1. The van der Waals surface area contributed by atoms with Crippen LogP contribution in [0.25, 0.3) is 0 Å². The number of sulfone groups is 1. The van der Waals surface area contributed by atoms with Gasteiger partial charge in [-0.3, -0.25) is 9.00 Å². The van der Waals surface area contributed by atoms with Gasteiger partial charge >= 0.3 is 0 Å². The van der Waals surface area contributed by atoms with Crippen molar-refractivity contribution in [3.05, 3.63) is 23.3 Å². The van der Waals surface area contributed by atoms with E-state index in [-0.39, 0.29) is 15.7 Å². The van der Waals surface area contributed by atoms with Gasteiger partial charge in [0.1, 0.15) is 0 Å². The van der Waals surface area contributed by atoms with E-state index in [1.165, 1.54) is 6.07 Å². The van der Waals surface area contributed by atoms with Crippen LogP contribution in [0.4, 0.5) is 0 Å². The molecule has 0 aliphatic heterocycles. The first-order valence-corrected chi connectivity index (χ1v) is 10.7. The zero-order valence-electron chi connectivity index (χ0n) is 12.6. The van der Waals surface area contributed by atoms with Crippen LogP contribution in [0.1, 0.15) is 48.5 Å². The second-order valence-electron chi connectivity index (χ2n) is 5.56. The standard InChI is InChI=1S/C15H19ClO4S2/c1-3-10-8-13(21(18)11-6-4-5-7-11)14(22(2,19)20)9-12(10)15(16)17/h8-9,11H,3-7H2,1-2H3. The van der Waals surface area contributed by atoms with E-state index in [0.717, 1.165) is 31.9 Å². The van der Waals surface area contributed by atoms with Gasteiger partial charge < -0.3 is 0 Å². The summed E-state index contributed by atoms with van der Waals surface area (Å²) in [6, 6.07) is 2.87. The largest absolute Gasteiger partial charge is 0.276 e. The van der Waals surface area contributed by atoms with Crippen molar-refractivity contribution in [3.63, 3.8) is 0 Å². The fourth-order valence-corrected chi connectivity index (χ4v) is 6.08. The summed E-state index contributed by atoms with van der Waals surface area (Å²) in [5.74, 6) is 0. The summed E-state index contributed by atoms with van der Waals surface area (Å²) in [5, 5.41) is -0.706. The highest BCUT2D eigenvalue weighted by Crippen LogP contribution is 2.32. The summed E-state index contributed by atoms with van der Waals surface area (Å²) in [4.78, 5) is 11.8. The Morgan fingerprint density at radius 3 is 2.36 bits per heavy atom. The van der Waals surface area contributed by atoms with Crippen molar-refractivity contribution in [1.29, 1.82) is 0 Å². The summed E-state index contributed by atoms with van der Waals surface area (Å²) in [7, 11) is -4.98. The molecule has 1 aromatic carbocycles. The molecule has 1 aromatic rings. The average Bonchev–Trinajstić information content (AvgIpc) is 2.98. The predicted molar refractivity (Wildman–Crippen MR) is 87.8 cm³/mol. The van der Waals surface area contributed by atoms with Crippen molar-refractivity contribution in [2.45, 2.75) is 54.1 Å². The van der Waals surface area contributed by atoms with E-state index in [4.69, 9.17) is 11.6 Å². The molecule has 22 heavy (non-hydrogen) atoms. The maximum absolute atomic E-state index is 12.8. The van der Waals surface area contributed by atoms with Gasteiger partial charge in [-0.2, -0.15) is 0 Å². The molecule has 1 saturated carbocycles. The number of aryl methyl sites for hydroxylation is 1. The van der Waals surface area contributed by atoms with Crippen molar-refractivity contribution in [1.82, 2.24) is 0 Å². The number of hydrogen-bond acceptors (Lipinski definition) is 4. The van der Waals surface area contributed by atoms with Gasteiger partial charge in [0, 0.05) is 17.1 Å². The Hall–Kier alpha value is -0.720. The maximum Gasteiger partial charge on any atom is 0.252 e. The lowest BCUT2D eigenvalue weighted by molar-refractivity contribution is 0.108. The van der Waals surface area contributed by atoms with Gasteiger partial charge in [0.15, 0.2) is 9.84 Å². The lowest BCUT2D eigenvalue weighted by Crippen LogP contribution is -2.15. The minimum atomic E-state index is -3.59. The number of carbonyl (C=O) groups is 1. The molecule has 1 unspecified atom stereocenters. The molecular weight excluding hydrogens is 344 g/mol.